The van der Waals surface area contributed by atoms with Gasteiger partial charge in [0.15, 0.2) is 0 Å². The van der Waals surface area contributed by atoms with Crippen molar-refractivity contribution in [2.45, 2.75) is 6.92 Å². The summed E-state index contributed by atoms with van der Waals surface area (Å²) in [5, 5.41) is 2.81. The van der Waals surface area contributed by atoms with Gasteiger partial charge in [-0.15, -0.1) is 0 Å². The number of hydrogen-bond donors (Lipinski definition) is 2. The molecule has 0 aliphatic carbocycles. The van der Waals surface area contributed by atoms with Gasteiger partial charge in [-0.3, -0.25) is 4.79 Å². The molecule has 0 aromatic heterocycles. The molecule has 1 amide bonds. The molecular weight excluding hydrogens is 320 g/mol. The number of aryl methyl sites for hydroxylation is 1. The van der Waals surface area contributed by atoms with Crippen LogP contribution < -0.4 is 15.8 Å². The number of carbonyl (C=O) groups excluding carboxylic acids is 1. The Kier molecular flexibility index (Phi) is 4.29. The maximum Gasteiger partial charge on any atom is 0.256 e. The Bertz CT molecular complexity index is 656. The van der Waals surface area contributed by atoms with Crippen LogP contribution in [0.5, 0.6) is 5.75 Å². The molecule has 0 atom stereocenters. The van der Waals surface area contributed by atoms with E-state index in [2.05, 4.69) is 21.2 Å². The number of rotatable bonds is 3. The van der Waals surface area contributed by atoms with Crippen molar-refractivity contribution in [3.8, 4) is 5.75 Å². The molecule has 2 aromatic carbocycles. The van der Waals surface area contributed by atoms with Crippen LogP contribution in [0.4, 0.5) is 11.4 Å². The zero-order chi connectivity index (χ0) is 14.7. The van der Waals surface area contributed by atoms with Gasteiger partial charge in [0.1, 0.15) is 5.75 Å². The number of methoxy groups -OCH3 is 1. The van der Waals surface area contributed by atoms with Crippen LogP contribution in [0.15, 0.2) is 40.9 Å². The van der Waals surface area contributed by atoms with Crippen LogP contribution in [0.3, 0.4) is 0 Å². The molecule has 0 saturated heterocycles. The molecule has 5 heteroatoms. The first-order valence-corrected chi connectivity index (χ1v) is 6.81. The number of nitrogens with two attached hydrogens (primary N) is 1. The fourth-order valence-corrected chi connectivity index (χ4v) is 2.25. The molecule has 0 fully saturated rings. The van der Waals surface area contributed by atoms with E-state index in [-0.39, 0.29) is 5.91 Å². The van der Waals surface area contributed by atoms with Gasteiger partial charge in [0.05, 0.1) is 18.4 Å². The minimum absolute atomic E-state index is 0.190. The molecule has 0 heterocycles. The molecule has 0 radical (unpaired) electrons. The minimum atomic E-state index is -0.190. The van der Waals surface area contributed by atoms with Gasteiger partial charge in [-0.2, -0.15) is 0 Å². The van der Waals surface area contributed by atoms with Gasteiger partial charge in [0, 0.05) is 10.2 Å². The number of ether oxygens (including phenoxy) is 1. The number of amides is 1. The lowest BCUT2D eigenvalue weighted by Gasteiger charge is -2.10. The number of nitrogen functional groups attached to an aromatic ring is 1. The standard InChI is InChI=1S/C15H15BrN2O2/c1-9-3-5-12(16)11(7-9)15(19)18-10-4-6-14(20-2)13(17)8-10/h3-8H,17H2,1-2H3,(H,18,19). The summed E-state index contributed by atoms with van der Waals surface area (Å²) < 4.78 is 5.83. The zero-order valence-corrected chi connectivity index (χ0v) is 12.8. The van der Waals surface area contributed by atoms with E-state index in [4.69, 9.17) is 10.5 Å². The molecule has 0 aliphatic rings. The van der Waals surface area contributed by atoms with Crippen molar-refractivity contribution < 1.29 is 9.53 Å². The predicted molar refractivity (Wildman–Crippen MR) is 84.2 cm³/mol. The highest BCUT2D eigenvalue weighted by atomic mass is 79.9. The summed E-state index contributed by atoms with van der Waals surface area (Å²) in [5.74, 6) is 0.393. The van der Waals surface area contributed by atoms with Gasteiger partial charge in [0.2, 0.25) is 0 Å². The Morgan fingerprint density at radius 1 is 1.25 bits per heavy atom. The summed E-state index contributed by atoms with van der Waals surface area (Å²) in [4.78, 5) is 12.2. The molecule has 0 unspecified atom stereocenters. The zero-order valence-electron chi connectivity index (χ0n) is 11.2. The first kappa shape index (κ1) is 14.4. The summed E-state index contributed by atoms with van der Waals surface area (Å²) in [6.45, 7) is 1.94. The molecule has 4 nitrogen and oxygen atoms in total. The van der Waals surface area contributed by atoms with Gasteiger partial charge < -0.3 is 15.8 Å². The fourth-order valence-electron chi connectivity index (χ4n) is 1.82. The van der Waals surface area contributed by atoms with E-state index in [0.717, 1.165) is 10.0 Å². The predicted octanol–water partition coefficient (Wildman–Crippen LogP) is 3.60. The minimum Gasteiger partial charge on any atom is -0.495 e. The molecule has 2 rings (SSSR count). The lowest BCUT2D eigenvalue weighted by Crippen LogP contribution is -2.13. The van der Waals surface area contributed by atoms with Crippen LogP contribution in [0.1, 0.15) is 15.9 Å². The third kappa shape index (κ3) is 3.11. The van der Waals surface area contributed by atoms with Crippen LogP contribution in [-0.4, -0.2) is 13.0 Å². The van der Waals surface area contributed by atoms with E-state index in [0.29, 0.717) is 22.7 Å². The first-order chi connectivity index (χ1) is 9.51. The topological polar surface area (TPSA) is 64.3 Å². The summed E-state index contributed by atoms with van der Waals surface area (Å²) in [7, 11) is 1.55. The Balaban J connectivity index is 2.23. The highest BCUT2D eigenvalue weighted by Crippen LogP contribution is 2.25. The maximum absolute atomic E-state index is 12.2. The van der Waals surface area contributed by atoms with Gasteiger partial charge in [-0.25, -0.2) is 0 Å². The fraction of sp³-hybridized carbons (Fsp3) is 0.133. The first-order valence-electron chi connectivity index (χ1n) is 6.02. The Hall–Kier alpha value is -2.01. The largest absolute Gasteiger partial charge is 0.495 e. The van der Waals surface area contributed by atoms with Gasteiger partial charge in [-0.05, 0) is 53.2 Å². The molecule has 3 N–H and O–H groups in total. The van der Waals surface area contributed by atoms with Crippen molar-refractivity contribution in [1.29, 1.82) is 0 Å². The molecule has 0 saturated carbocycles. The van der Waals surface area contributed by atoms with Crippen LogP contribution in [0, 0.1) is 6.92 Å². The van der Waals surface area contributed by atoms with E-state index in [9.17, 15) is 4.79 Å². The van der Waals surface area contributed by atoms with E-state index < -0.39 is 0 Å². The third-order valence-electron chi connectivity index (χ3n) is 2.85. The molecule has 0 aliphatic heterocycles. The molecule has 2 aromatic rings. The number of benzene rings is 2. The lowest BCUT2D eigenvalue weighted by molar-refractivity contribution is 0.102. The van der Waals surface area contributed by atoms with Crippen molar-refractivity contribution in [3.63, 3.8) is 0 Å². The average Bonchev–Trinajstić information content (AvgIpc) is 2.41. The molecule has 104 valence electrons. The number of hydrogen-bond acceptors (Lipinski definition) is 3. The summed E-state index contributed by atoms with van der Waals surface area (Å²) in [5.41, 5.74) is 8.53. The van der Waals surface area contributed by atoms with E-state index in [1.165, 1.54) is 0 Å². The third-order valence-corrected chi connectivity index (χ3v) is 3.55. The molecule has 0 spiro atoms. The molecule has 20 heavy (non-hydrogen) atoms. The van der Waals surface area contributed by atoms with E-state index in [1.54, 1.807) is 25.3 Å². The number of carbonyl (C=O) groups is 1. The Morgan fingerprint density at radius 3 is 2.65 bits per heavy atom. The van der Waals surface area contributed by atoms with Gasteiger partial charge in [-0.1, -0.05) is 11.6 Å². The molecule has 0 bridgehead atoms. The second kappa shape index (κ2) is 5.96. The Morgan fingerprint density at radius 2 is 2.00 bits per heavy atom. The van der Waals surface area contributed by atoms with Crippen molar-refractivity contribution >= 4 is 33.2 Å². The van der Waals surface area contributed by atoms with Crippen molar-refractivity contribution in [1.82, 2.24) is 0 Å². The highest BCUT2D eigenvalue weighted by Gasteiger charge is 2.11. The van der Waals surface area contributed by atoms with Gasteiger partial charge >= 0.3 is 0 Å². The lowest BCUT2D eigenvalue weighted by atomic mass is 10.1. The molecular formula is C15H15BrN2O2. The van der Waals surface area contributed by atoms with Crippen LogP contribution >= 0.6 is 15.9 Å². The average molecular weight is 335 g/mol. The van der Waals surface area contributed by atoms with Crippen LogP contribution in [-0.2, 0) is 0 Å². The van der Waals surface area contributed by atoms with Crippen LogP contribution in [0.2, 0.25) is 0 Å². The second-order valence-corrected chi connectivity index (χ2v) is 5.25. The highest BCUT2D eigenvalue weighted by molar-refractivity contribution is 9.10. The monoisotopic (exact) mass is 334 g/mol. The quantitative estimate of drug-likeness (QED) is 0.843. The summed E-state index contributed by atoms with van der Waals surface area (Å²) >= 11 is 3.38. The second-order valence-electron chi connectivity index (χ2n) is 4.39. The Labute approximate surface area is 126 Å². The van der Waals surface area contributed by atoms with Gasteiger partial charge in [0.25, 0.3) is 5.91 Å². The normalized spacial score (nSPS) is 10.2. The number of halogens is 1. The van der Waals surface area contributed by atoms with E-state index in [1.807, 2.05) is 25.1 Å². The summed E-state index contributed by atoms with van der Waals surface area (Å²) in [6.07, 6.45) is 0. The summed E-state index contributed by atoms with van der Waals surface area (Å²) in [6, 6.07) is 10.7. The number of anilines is 2. The van der Waals surface area contributed by atoms with Crippen LogP contribution in [0.25, 0.3) is 0 Å². The SMILES string of the molecule is COc1ccc(NC(=O)c2cc(C)ccc2Br)cc1N. The van der Waals surface area contributed by atoms with Crippen molar-refractivity contribution in [2.24, 2.45) is 0 Å². The van der Waals surface area contributed by atoms with Crippen molar-refractivity contribution in [3.05, 3.63) is 52.0 Å². The van der Waals surface area contributed by atoms with Crippen molar-refractivity contribution in [2.75, 3.05) is 18.2 Å². The number of nitrogens with one attached hydrogen (secondary N) is 1. The smallest absolute Gasteiger partial charge is 0.256 e. The van der Waals surface area contributed by atoms with E-state index >= 15 is 0 Å². The maximum atomic E-state index is 12.2.